The molecule has 0 atom stereocenters. The molecule has 2 aromatic rings. The minimum atomic E-state index is -2.38. The second kappa shape index (κ2) is 9.05. The minimum absolute atomic E-state index is 1.09. The van der Waals surface area contributed by atoms with Crippen LogP contribution in [0.5, 0.6) is 0 Å². The molecule has 4 heteroatoms. The maximum atomic E-state index is 5.14. The van der Waals surface area contributed by atoms with E-state index in [0.717, 1.165) is 11.0 Å². The number of aryl methyl sites for hydroxylation is 1. The van der Waals surface area contributed by atoms with Gasteiger partial charge < -0.3 is 0 Å². The predicted molar refractivity (Wildman–Crippen MR) is 103 cm³/mol. The standard InChI is InChI=1S/C7H6N3.3C4H9.Sn/c1-10-7-3-2-4-8-6(7)5-9-10;3*1-3-4-2;/h2-3,5H,1H3;3*1,3-4H2,2H3;. The summed E-state index contributed by atoms with van der Waals surface area (Å²) in [6.45, 7) is 6.98. The number of nitrogens with zero attached hydrogens (tertiary/aromatic N) is 3. The van der Waals surface area contributed by atoms with Gasteiger partial charge in [0.2, 0.25) is 0 Å². The molecular weight excluding hydrogens is 389 g/mol. The van der Waals surface area contributed by atoms with Crippen LogP contribution in [0.2, 0.25) is 13.3 Å². The van der Waals surface area contributed by atoms with Gasteiger partial charge in [-0.25, -0.2) is 0 Å². The zero-order chi connectivity index (χ0) is 16.7. The van der Waals surface area contributed by atoms with Crippen molar-refractivity contribution in [1.29, 1.82) is 0 Å². The van der Waals surface area contributed by atoms with Gasteiger partial charge in [0.25, 0.3) is 0 Å². The van der Waals surface area contributed by atoms with Gasteiger partial charge >= 0.3 is 146 Å². The van der Waals surface area contributed by atoms with Crippen LogP contribution in [-0.2, 0) is 7.05 Å². The van der Waals surface area contributed by atoms with E-state index in [9.17, 15) is 0 Å². The van der Waals surface area contributed by atoms with Crippen molar-refractivity contribution in [2.45, 2.75) is 72.6 Å². The number of fused-ring (bicyclic) bond motifs is 1. The van der Waals surface area contributed by atoms with Crippen molar-refractivity contribution in [3.63, 3.8) is 0 Å². The van der Waals surface area contributed by atoms with Gasteiger partial charge in [0.15, 0.2) is 0 Å². The summed E-state index contributed by atoms with van der Waals surface area (Å²) < 4.78 is 7.88. The van der Waals surface area contributed by atoms with Gasteiger partial charge in [0.05, 0.1) is 0 Å². The van der Waals surface area contributed by atoms with E-state index in [-0.39, 0.29) is 0 Å². The van der Waals surface area contributed by atoms with Gasteiger partial charge in [-0.1, -0.05) is 0 Å². The van der Waals surface area contributed by atoms with Crippen LogP contribution in [0.15, 0.2) is 18.3 Å². The molecule has 0 spiro atoms. The summed E-state index contributed by atoms with van der Waals surface area (Å²) in [6, 6.07) is 4.63. The first-order valence-electron chi connectivity index (χ1n) is 9.46. The third kappa shape index (κ3) is 4.49. The summed E-state index contributed by atoms with van der Waals surface area (Å²) in [5, 5.41) is 4.38. The Labute approximate surface area is 145 Å². The Balaban J connectivity index is 2.40. The van der Waals surface area contributed by atoms with E-state index in [1.165, 1.54) is 55.5 Å². The number of aromatic nitrogens is 3. The fourth-order valence-electron chi connectivity index (χ4n) is 3.64. The summed E-state index contributed by atoms with van der Waals surface area (Å²) in [4.78, 5) is 5.14. The zero-order valence-electron chi connectivity index (χ0n) is 15.4. The molecule has 2 rings (SSSR count). The quantitative estimate of drug-likeness (QED) is 0.504. The molecule has 2 aromatic heterocycles. The summed E-state index contributed by atoms with van der Waals surface area (Å²) in [5.74, 6) is 0. The van der Waals surface area contributed by atoms with Crippen LogP contribution in [0, 0.1) is 0 Å². The zero-order valence-corrected chi connectivity index (χ0v) is 18.3. The fraction of sp³-hybridized carbons (Fsp3) is 0.684. The van der Waals surface area contributed by atoms with E-state index in [1.54, 1.807) is 0 Å². The molecule has 0 amide bonds. The van der Waals surface area contributed by atoms with Crippen LogP contribution in [-0.4, -0.2) is 33.1 Å². The summed E-state index contributed by atoms with van der Waals surface area (Å²) >= 11 is -2.38. The van der Waals surface area contributed by atoms with E-state index in [2.05, 4.69) is 38.0 Å². The number of unbranched alkanes of at least 4 members (excludes halogenated alkanes) is 3. The van der Waals surface area contributed by atoms with Crippen molar-refractivity contribution >= 4 is 33.1 Å². The molecule has 0 aromatic carbocycles. The molecule has 0 bridgehead atoms. The normalized spacial score (nSPS) is 12.2. The Morgan fingerprint density at radius 2 is 1.48 bits per heavy atom. The molecule has 0 unspecified atom stereocenters. The molecule has 0 aliphatic carbocycles. The molecule has 0 fully saturated rings. The molecule has 128 valence electrons. The van der Waals surface area contributed by atoms with Crippen LogP contribution >= 0.6 is 0 Å². The molecule has 0 N–H and O–H groups in total. The molecule has 0 aliphatic rings. The van der Waals surface area contributed by atoms with Crippen LogP contribution in [0.3, 0.4) is 0 Å². The van der Waals surface area contributed by atoms with Crippen molar-refractivity contribution in [2.75, 3.05) is 0 Å². The SMILES string of the molecule is CCC[CH2][Sn]([CH2]CCC)([CH2]CCC)[c]1ccc2c(cnn2C)n1. The van der Waals surface area contributed by atoms with Gasteiger partial charge in [0, 0.05) is 0 Å². The molecule has 0 saturated carbocycles. The van der Waals surface area contributed by atoms with Gasteiger partial charge in [-0.2, -0.15) is 0 Å². The first-order chi connectivity index (χ1) is 11.2. The average Bonchev–Trinajstić information content (AvgIpc) is 2.95. The number of hydrogen-bond acceptors (Lipinski definition) is 2. The Morgan fingerprint density at radius 3 is 2.00 bits per heavy atom. The van der Waals surface area contributed by atoms with E-state index in [0.29, 0.717) is 0 Å². The Kier molecular flexibility index (Phi) is 7.38. The van der Waals surface area contributed by atoms with Crippen molar-refractivity contribution in [2.24, 2.45) is 7.05 Å². The van der Waals surface area contributed by atoms with Crippen molar-refractivity contribution < 1.29 is 0 Å². The van der Waals surface area contributed by atoms with E-state index in [4.69, 9.17) is 4.98 Å². The molecule has 3 nitrogen and oxygen atoms in total. The summed E-state index contributed by atoms with van der Waals surface area (Å²) in [7, 11) is 2.01. The number of rotatable bonds is 10. The molecule has 0 radical (unpaired) electrons. The van der Waals surface area contributed by atoms with Crippen LogP contribution in [0.4, 0.5) is 0 Å². The van der Waals surface area contributed by atoms with E-state index < -0.39 is 18.4 Å². The van der Waals surface area contributed by atoms with Gasteiger partial charge in [-0.15, -0.1) is 0 Å². The number of pyridine rings is 1. The summed E-state index contributed by atoms with van der Waals surface area (Å²) in [6.07, 6.45) is 10.0. The first-order valence-corrected chi connectivity index (χ1v) is 16.9. The van der Waals surface area contributed by atoms with Gasteiger partial charge in [-0.05, 0) is 0 Å². The van der Waals surface area contributed by atoms with Crippen LogP contribution in [0.25, 0.3) is 11.0 Å². The summed E-state index contributed by atoms with van der Waals surface area (Å²) in [5.41, 5.74) is 2.26. The second-order valence-electron chi connectivity index (χ2n) is 6.96. The van der Waals surface area contributed by atoms with Gasteiger partial charge in [0.1, 0.15) is 0 Å². The van der Waals surface area contributed by atoms with Crippen molar-refractivity contribution in [3.05, 3.63) is 18.3 Å². The molecule has 0 aliphatic heterocycles. The molecular formula is C19H33N3Sn. The van der Waals surface area contributed by atoms with Crippen molar-refractivity contribution in [3.8, 4) is 0 Å². The van der Waals surface area contributed by atoms with Gasteiger partial charge in [-0.3, -0.25) is 0 Å². The van der Waals surface area contributed by atoms with Crippen LogP contribution in [0.1, 0.15) is 59.3 Å². The third-order valence-electron chi connectivity index (χ3n) is 5.17. The Bertz CT molecular complexity index is 584. The topological polar surface area (TPSA) is 30.7 Å². The monoisotopic (exact) mass is 423 g/mol. The molecule has 0 saturated heterocycles. The Hall–Kier alpha value is -0.581. The van der Waals surface area contributed by atoms with E-state index >= 15 is 0 Å². The third-order valence-corrected chi connectivity index (χ3v) is 20.3. The Morgan fingerprint density at radius 1 is 0.913 bits per heavy atom. The number of hydrogen-bond donors (Lipinski definition) is 0. The first kappa shape index (κ1) is 18.8. The molecule has 23 heavy (non-hydrogen) atoms. The van der Waals surface area contributed by atoms with Crippen molar-refractivity contribution in [1.82, 2.24) is 14.8 Å². The second-order valence-corrected chi connectivity index (χ2v) is 20.0. The average molecular weight is 422 g/mol. The van der Waals surface area contributed by atoms with E-state index in [1.807, 2.05) is 17.9 Å². The predicted octanol–water partition coefficient (Wildman–Crippen LogP) is 5.02. The van der Waals surface area contributed by atoms with Crippen LogP contribution < -0.4 is 3.71 Å². The molecule has 2 heterocycles. The fourth-order valence-corrected chi connectivity index (χ4v) is 19.1. The maximum absolute atomic E-state index is 5.14.